The Balaban J connectivity index is 1.55. The molecule has 0 fully saturated rings. The Morgan fingerprint density at radius 3 is 2.78 bits per heavy atom. The molecule has 3 heterocycles. The number of anilines is 1. The highest BCUT2D eigenvalue weighted by Gasteiger charge is 2.36. The van der Waals surface area contributed by atoms with Crippen LogP contribution < -0.4 is 11.1 Å². The van der Waals surface area contributed by atoms with Gasteiger partial charge in [-0.2, -0.15) is 18.3 Å². The van der Waals surface area contributed by atoms with Crippen LogP contribution in [0.3, 0.4) is 0 Å². The minimum atomic E-state index is -4.85. The Hall–Kier alpha value is -2.70. The number of rotatable bonds is 4. The second-order valence-corrected chi connectivity index (χ2v) is 8.17. The van der Waals surface area contributed by atoms with Gasteiger partial charge in [-0.25, -0.2) is 4.39 Å². The molecule has 2 unspecified atom stereocenters. The van der Waals surface area contributed by atoms with E-state index in [1.165, 1.54) is 0 Å². The second kappa shape index (κ2) is 8.34. The molecule has 0 saturated carbocycles. The lowest BCUT2D eigenvalue weighted by molar-refractivity contribution is -0.139. The number of aliphatic hydroxyl groups is 1. The van der Waals surface area contributed by atoms with E-state index in [0.29, 0.717) is 56.0 Å². The molecule has 2 aliphatic rings. The summed E-state index contributed by atoms with van der Waals surface area (Å²) in [5, 5.41) is 17.8. The van der Waals surface area contributed by atoms with Crippen LogP contribution in [0.15, 0.2) is 18.2 Å². The molecule has 2 aliphatic heterocycles. The average Bonchev–Trinajstić information content (AvgIpc) is 3.04. The fourth-order valence-corrected chi connectivity index (χ4v) is 4.20. The number of aromatic nitrogens is 2. The van der Waals surface area contributed by atoms with Crippen molar-refractivity contribution in [2.24, 2.45) is 11.7 Å². The third-order valence-electron chi connectivity index (χ3n) is 5.89. The van der Waals surface area contributed by atoms with E-state index < -0.39 is 23.9 Å². The molecule has 32 heavy (non-hydrogen) atoms. The summed E-state index contributed by atoms with van der Waals surface area (Å²) in [6.07, 6.45) is -5.74. The monoisotopic (exact) mass is 456 g/mol. The summed E-state index contributed by atoms with van der Waals surface area (Å²) in [6, 6.07) is 2.44. The molecule has 174 valence electrons. The zero-order valence-corrected chi connectivity index (χ0v) is 17.4. The van der Waals surface area contributed by atoms with Crippen LogP contribution in [0.4, 0.5) is 23.2 Å². The van der Waals surface area contributed by atoms with Crippen molar-refractivity contribution in [1.82, 2.24) is 19.6 Å². The van der Waals surface area contributed by atoms with Gasteiger partial charge in [-0.05, 0) is 24.7 Å². The van der Waals surface area contributed by atoms with E-state index in [1.54, 1.807) is 21.5 Å². The lowest BCUT2D eigenvalue weighted by Gasteiger charge is -2.32. The number of alkyl halides is 3. The molecule has 2 aromatic rings. The minimum Gasteiger partial charge on any atom is -0.361 e. The van der Waals surface area contributed by atoms with E-state index in [-0.39, 0.29) is 24.1 Å². The van der Waals surface area contributed by atoms with Gasteiger partial charge in [-0.15, -0.1) is 0 Å². The Bertz CT molecular complexity index is 1020. The van der Waals surface area contributed by atoms with E-state index in [2.05, 4.69) is 10.4 Å². The van der Waals surface area contributed by atoms with E-state index in [1.807, 2.05) is 0 Å². The van der Waals surface area contributed by atoms with Gasteiger partial charge in [0.25, 0.3) is 5.91 Å². The summed E-state index contributed by atoms with van der Waals surface area (Å²) >= 11 is 0. The fraction of sp³-hybridized carbons (Fsp3) is 0.500. The number of fused-ring (bicyclic) bond motifs is 3. The van der Waals surface area contributed by atoms with Crippen LogP contribution in [0, 0.1) is 11.7 Å². The molecule has 0 aliphatic carbocycles. The van der Waals surface area contributed by atoms with E-state index in [4.69, 9.17) is 5.73 Å². The van der Waals surface area contributed by atoms with Gasteiger partial charge in [0.1, 0.15) is 11.5 Å². The molecular weight excluding hydrogens is 432 g/mol. The Labute approximate surface area is 181 Å². The van der Waals surface area contributed by atoms with Crippen LogP contribution in [0.5, 0.6) is 0 Å². The quantitative estimate of drug-likeness (QED) is 0.476. The molecule has 0 bridgehead atoms. The highest BCUT2D eigenvalue weighted by molar-refractivity contribution is 5.94. The topological polar surface area (TPSA) is 99.7 Å². The van der Waals surface area contributed by atoms with Crippen molar-refractivity contribution in [3.8, 4) is 0 Å². The van der Waals surface area contributed by atoms with Gasteiger partial charge < -0.3 is 21.1 Å². The number of nitrogens with zero attached hydrogens (tertiary/aromatic N) is 4. The molecule has 0 saturated heterocycles. The summed E-state index contributed by atoms with van der Waals surface area (Å²) in [5.41, 5.74) is 6.20. The van der Waals surface area contributed by atoms with Crippen molar-refractivity contribution >= 4 is 11.6 Å². The molecule has 4 N–H and O–H groups in total. The fourth-order valence-electron chi connectivity index (χ4n) is 4.20. The van der Waals surface area contributed by atoms with Crippen LogP contribution in [0.1, 0.15) is 27.3 Å². The third-order valence-corrected chi connectivity index (χ3v) is 5.89. The second-order valence-electron chi connectivity index (χ2n) is 8.17. The molecule has 0 spiro atoms. The minimum absolute atomic E-state index is 0.0659. The Kier molecular flexibility index (Phi) is 5.86. The first-order chi connectivity index (χ1) is 15.1. The van der Waals surface area contributed by atoms with Crippen molar-refractivity contribution in [2.45, 2.75) is 32.0 Å². The molecule has 0 radical (unpaired) electrons. The van der Waals surface area contributed by atoms with Gasteiger partial charge in [0.15, 0.2) is 6.35 Å². The van der Waals surface area contributed by atoms with Crippen molar-refractivity contribution in [2.75, 3.05) is 32.0 Å². The predicted molar refractivity (Wildman–Crippen MR) is 107 cm³/mol. The lowest BCUT2D eigenvalue weighted by atomic mass is 10.0. The zero-order chi connectivity index (χ0) is 23.2. The third kappa shape index (κ3) is 4.17. The number of benzene rings is 1. The normalized spacial score (nSPS) is 20.5. The number of carbonyl (C=O) groups is 1. The van der Waals surface area contributed by atoms with Crippen LogP contribution >= 0.6 is 0 Å². The molecule has 1 aromatic carbocycles. The predicted octanol–water partition coefficient (Wildman–Crippen LogP) is 1.45. The zero-order valence-electron chi connectivity index (χ0n) is 17.4. The Morgan fingerprint density at radius 2 is 2.09 bits per heavy atom. The highest BCUT2D eigenvalue weighted by atomic mass is 19.4. The standard InChI is InChI=1S/C20H24F4N6O2/c1-28-8-11(7-25)9-30-17(18(28)31)13-10-29(5-4-16(13)27-30)19(32)26-12-2-3-15(21)14(6-12)20(22,23)24/h2-3,6,11,19,26,32H,4-5,7-10,25H2,1H3. The number of halogens is 4. The van der Waals surface area contributed by atoms with Gasteiger partial charge in [0.2, 0.25) is 0 Å². The number of carbonyl (C=O) groups excluding carboxylic acids is 1. The van der Waals surface area contributed by atoms with Gasteiger partial charge in [0.05, 0.1) is 11.3 Å². The molecule has 12 heteroatoms. The summed E-state index contributed by atoms with van der Waals surface area (Å²) in [4.78, 5) is 16.1. The van der Waals surface area contributed by atoms with E-state index >= 15 is 0 Å². The molecule has 1 amide bonds. The number of aliphatic hydroxyl groups excluding tert-OH is 1. The largest absolute Gasteiger partial charge is 0.419 e. The first-order valence-corrected chi connectivity index (χ1v) is 10.2. The smallest absolute Gasteiger partial charge is 0.361 e. The van der Waals surface area contributed by atoms with E-state index in [0.717, 1.165) is 11.8 Å². The number of nitrogens with two attached hydrogens (primary N) is 1. The van der Waals surface area contributed by atoms with Crippen LogP contribution in [0.25, 0.3) is 0 Å². The van der Waals surface area contributed by atoms with Crippen LogP contribution in [-0.4, -0.2) is 63.6 Å². The van der Waals surface area contributed by atoms with Crippen LogP contribution in [-0.2, 0) is 25.7 Å². The number of amides is 1. The summed E-state index contributed by atoms with van der Waals surface area (Å²) in [7, 11) is 1.70. The molecule has 4 rings (SSSR count). The average molecular weight is 456 g/mol. The van der Waals surface area contributed by atoms with Gasteiger partial charge >= 0.3 is 6.18 Å². The first kappa shape index (κ1) is 22.5. The van der Waals surface area contributed by atoms with Gasteiger partial charge in [-0.3, -0.25) is 14.4 Å². The number of hydrogen-bond acceptors (Lipinski definition) is 6. The molecule has 8 nitrogen and oxygen atoms in total. The van der Waals surface area contributed by atoms with E-state index in [9.17, 15) is 27.5 Å². The lowest BCUT2D eigenvalue weighted by Crippen LogP contribution is -2.44. The maximum atomic E-state index is 13.5. The highest BCUT2D eigenvalue weighted by Crippen LogP contribution is 2.33. The van der Waals surface area contributed by atoms with Crippen molar-refractivity contribution in [3.05, 3.63) is 46.5 Å². The number of hydrogen-bond donors (Lipinski definition) is 3. The summed E-state index contributed by atoms with van der Waals surface area (Å²) < 4.78 is 54.1. The SMILES string of the molecule is CN1CC(CN)Cn2nc3c(c2C1=O)CN(C(O)Nc1ccc(F)c(C(F)(F)F)c1)CC3. The van der Waals surface area contributed by atoms with Crippen molar-refractivity contribution in [1.29, 1.82) is 0 Å². The molecule has 1 aromatic heterocycles. The molecule has 2 atom stereocenters. The van der Waals surface area contributed by atoms with Crippen molar-refractivity contribution < 1.29 is 27.5 Å². The van der Waals surface area contributed by atoms with Crippen molar-refractivity contribution in [3.63, 3.8) is 0 Å². The summed E-state index contributed by atoms with van der Waals surface area (Å²) in [6.45, 7) is 1.97. The van der Waals surface area contributed by atoms with Gasteiger partial charge in [-0.1, -0.05) is 0 Å². The maximum absolute atomic E-state index is 13.5. The number of nitrogens with one attached hydrogen (secondary N) is 1. The Morgan fingerprint density at radius 1 is 1.34 bits per heavy atom. The first-order valence-electron chi connectivity index (χ1n) is 10.2. The maximum Gasteiger partial charge on any atom is 0.419 e. The summed E-state index contributed by atoms with van der Waals surface area (Å²) in [5.74, 6) is -1.51. The van der Waals surface area contributed by atoms with Gasteiger partial charge in [0, 0.05) is 56.8 Å². The van der Waals surface area contributed by atoms with Crippen LogP contribution in [0.2, 0.25) is 0 Å². The molecular formula is C20H24F4N6O2.